The van der Waals surface area contributed by atoms with Gasteiger partial charge in [0.05, 0.1) is 6.61 Å². The Labute approximate surface area is 63.6 Å². The van der Waals surface area contributed by atoms with Crippen molar-refractivity contribution >= 4 is 0 Å². The third-order valence-corrected chi connectivity index (χ3v) is 1.49. The number of hydrogen-bond acceptors (Lipinski definition) is 1. The van der Waals surface area contributed by atoms with Gasteiger partial charge in [0.25, 0.3) is 0 Å². The van der Waals surface area contributed by atoms with Crippen molar-refractivity contribution < 1.29 is 5.11 Å². The molecular formula is C8H18NO. The Hall–Kier alpha value is -0.0800. The molecule has 2 heteroatoms. The standard InChI is InChI=1S/C8H18NO/c1-2-3-4-5-6-9-7-8-10/h9H,2-8H2,1H3. The van der Waals surface area contributed by atoms with E-state index in [4.69, 9.17) is 0 Å². The maximum Gasteiger partial charge on any atom is 0.0946 e. The molecule has 0 aliphatic rings. The van der Waals surface area contributed by atoms with Gasteiger partial charge in [-0.2, -0.15) is 0 Å². The van der Waals surface area contributed by atoms with E-state index in [0.717, 1.165) is 6.54 Å². The van der Waals surface area contributed by atoms with E-state index in [-0.39, 0.29) is 6.61 Å². The highest BCUT2D eigenvalue weighted by molar-refractivity contribution is 4.46. The van der Waals surface area contributed by atoms with Crippen LogP contribution in [0.15, 0.2) is 0 Å². The average Bonchev–Trinajstić information content (AvgIpc) is 1.97. The van der Waals surface area contributed by atoms with E-state index < -0.39 is 0 Å². The molecule has 0 amide bonds. The van der Waals surface area contributed by atoms with E-state index in [0.29, 0.717) is 6.54 Å². The van der Waals surface area contributed by atoms with Gasteiger partial charge in [0.1, 0.15) is 0 Å². The van der Waals surface area contributed by atoms with Gasteiger partial charge >= 0.3 is 0 Å². The molecule has 1 N–H and O–H groups in total. The first kappa shape index (κ1) is 9.92. The van der Waals surface area contributed by atoms with E-state index in [1.807, 2.05) is 0 Å². The molecule has 0 aliphatic carbocycles. The molecule has 0 heterocycles. The summed E-state index contributed by atoms with van der Waals surface area (Å²) in [4.78, 5) is 0. The summed E-state index contributed by atoms with van der Waals surface area (Å²) in [5, 5.41) is 13.0. The second kappa shape index (κ2) is 8.92. The van der Waals surface area contributed by atoms with Crippen molar-refractivity contribution in [2.75, 3.05) is 19.7 Å². The van der Waals surface area contributed by atoms with Crippen molar-refractivity contribution in [1.29, 1.82) is 0 Å². The Morgan fingerprint density at radius 2 is 1.90 bits per heavy atom. The summed E-state index contributed by atoms with van der Waals surface area (Å²) in [5.41, 5.74) is 0. The Bertz CT molecular complexity index is 49.2. The third-order valence-electron chi connectivity index (χ3n) is 1.49. The van der Waals surface area contributed by atoms with E-state index in [2.05, 4.69) is 12.2 Å². The van der Waals surface area contributed by atoms with Crippen LogP contribution in [0.3, 0.4) is 0 Å². The molecule has 0 unspecified atom stereocenters. The molecule has 1 radical (unpaired) electrons. The smallest absolute Gasteiger partial charge is 0.0946 e. The van der Waals surface area contributed by atoms with Gasteiger partial charge in [0, 0.05) is 6.54 Å². The molecule has 0 saturated heterocycles. The number of nitrogens with one attached hydrogen (secondary N) is 1. The molecule has 0 saturated carbocycles. The fourth-order valence-electron chi connectivity index (χ4n) is 0.874. The lowest BCUT2D eigenvalue weighted by Gasteiger charge is -1.99. The molecule has 0 aromatic rings. The summed E-state index contributed by atoms with van der Waals surface area (Å²) in [5.74, 6) is 0. The highest BCUT2D eigenvalue weighted by Gasteiger charge is 1.86. The largest absolute Gasteiger partial charge is 0.314 e. The van der Waals surface area contributed by atoms with Crippen molar-refractivity contribution in [3.05, 3.63) is 0 Å². The fraction of sp³-hybridized carbons (Fsp3) is 1.00. The fourth-order valence-corrected chi connectivity index (χ4v) is 0.874. The lowest BCUT2D eigenvalue weighted by atomic mass is 10.2. The summed E-state index contributed by atoms with van der Waals surface area (Å²) in [6.45, 7) is 3.85. The summed E-state index contributed by atoms with van der Waals surface area (Å²) in [6.07, 6.45) is 5.11. The van der Waals surface area contributed by atoms with Crippen molar-refractivity contribution in [3.8, 4) is 0 Å². The van der Waals surface area contributed by atoms with Gasteiger partial charge in [0.2, 0.25) is 0 Å². The molecule has 0 aromatic carbocycles. The minimum atomic E-state index is 0.00772. The van der Waals surface area contributed by atoms with Crippen molar-refractivity contribution in [2.45, 2.75) is 32.6 Å². The zero-order valence-corrected chi connectivity index (χ0v) is 6.86. The van der Waals surface area contributed by atoms with E-state index in [9.17, 15) is 5.11 Å². The second-order valence-electron chi connectivity index (χ2n) is 2.51. The van der Waals surface area contributed by atoms with Crippen LogP contribution in [0.5, 0.6) is 0 Å². The van der Waals surface area contributed by atoms with Gasteiger partial charge in [-0.05, 0) is 13.0 Å². The molecule has 0 spiro atoms. The Kier molecular flexibility index (Phi) is 8.85. The van der Waals surface area contributed by atoms with Gasteiger partial charge in [-0.25, -0.2) is 5.11 Å². The summed E-state index contributed by atoms with van der Waals surface area (Å²) >= 11 is 0. The lowest BCUT2D eigenvalue weighted by molar-refractivity contribution is 0.194. The predicted molar refractivity (Wildman–Crippen MR) is 42.6 cm³/mol. The van der Waals surface area contributed by atoms with E-state index in [1.165, 1.54) is 25.7 Å². The van der Waals surface area contributed by atoms with Crippen LogP contribution in [0, 0.1) is 0 Å². The molecular weight excluding hydrogens is 126 g/mol. The first-order chi connectivity index (χ1) is 4.91. The third kappa shape index (κ3) is 7.92. The van der Waals surface area contributed by atoms with Crippen molar-refractivity contribution in [1.82, 2.24) is 5.32 Å². The number of unbranched alkanes of at least 4 members (excludes halogenated alkanes) is 3. The Morgan fingerprint density at radius 3 is 2.50 bits per heavy atom. The lowest BCUT2D eigenvalue weighted by Crippen LogP contribution is -2.18. The SMILES string of the molecule is CCCCCCNCC[O]. The molecule has 10 heavy (non-hydrogen) atoms. The highest BCUT2D eigenvalue weighted by atomic mass is 16.3. The van der Waals surface area contributed by atoms with Crippen LogP contribution in [-0.2, 0) is 5.11 Å². The Morgan fingerprint density at radius 1 is 1.10 bits per heavy atom. The second-order valence-corrected chi connectivity index (χ2v) is 2.51. The van der Waals surface area contributed by atoms with Crippen LogP contribution in [0.1, 0.15) is 32.6 Å². The van der Waals surface area contributed by atoms with Crippen LogP contribution in [0.25, 0.3) is 0 Å². The predicted octanol–water partition coefficient (Wildman–Crippen LogP) is 1.59. The van der Waals surface area contributed by atoms with Crippen LogP contribution in [0.2, 0.25) is 0 Å². The Balaban J connectivity index is 2.65. The first-order valence-electron chi connectivity index (χ1n) is 4.20. The van der Waals surface area contributed by atoms with Gasteiger partial charge in [-0.3, -0.25) is 0 Å². The molecule has 0 fully saturated rings. The number of rotatable bonds is 7. The molecule has 0 aromatic heterocycles. The average molecular weight is 144 g/mol. The van der Waals surface area contributed by atoms with Crippen LogP contribution in [-0.4, -0.2) is 19.7 Å². The molecule has 0 aliphatic heterocycles. The quantitative estimate of drug-likeness (QED) is 0.540. The van der Waals surface area contributed by atoms with Gasteiger partial charge in [-0.1, -0.05) is 26.2 Å². The van der Waals surface area contributed by atoms with Gasteiger partial charge < -0.3 is 5.32 Å². The van der Waals surface area contributed by atoms with Crippen molar-refractivity contribution in [3.63, 3.8) is 0 Å². The minimum Gasteiger partial charge on any atom is -0.314 e. The monoisotopic (exact) mass is 144 g/mol. The zero-order chi connectivity index (χ0) is 7.66. The van der Waals surface area contributed by atoms with Gasteiger partial charge in [-0.15, -0.1) is 0 Å². The van der Waals surface area contributed by atoms with Crippen molar-refractivity contribution in [2.24, 2.45) is 0 Å². The zero-order valence-electron chi connectivity index (χ0n) is 6.86. The molecule has 0 rings (SSSR count). The first-order valence-corrected chi connectivity index (χ1v) is 4.20. The topological polar surface area (TPSA) is 31.9 Å². The maximum absolute atomic E-state index is 9.96. The minimum absolute atomic E-state index is 0.00772. The highest BCUT2D eigenvalue weighted by Crippen LogP contribution is 1.96. The molecule has 0 bridgehead atoms. The molecule has 0 atom stereocenters. The summed E-state index contributed by atoms with van der Waals surface area (Å²) < 4.78 is 0. The van der Waals surface area contributed by atoms with Gasteiger partial charge in [0.15, 0.2) is 0 Å². The number of hydrogen-bond donors (Lipinski definition) is 1. The summed E-state index contributed by atoms with van der Waals surface area (Å²) in [7, 11) is 0. The maximum atomic E-state index is 9.96. The summed E-state index contributed by atoms with van der Waals surface area (Å²) in [6, 6.07) is 0. The molecule has 2 nitrogen and oxygen atoms in total. The molecule has 61 valence electrons. The van der Waals surface area contributed by atoms with E-state index in [1.54, 1.807) is 0 Å². The van der Waals surface area contributed by atoms with Crippen LogP contribution in [0.4, 0.5) is 0 Å². The van der Waals surface area contributed by atoms with Crippen LogP contribution >= 0.6 is 0 Å². The van der Waals surface area contributed by atoms with Crippen LogP contribution < -0.4 is 5.32 Å². The van der Waals surface area contributed by atoms with E-state index >= 15 is 0 Å². The normalized spacial score (nSPS) is 10.2.